The van der Waals surface area contributed by atoms with Gasteiger partial charge in [0.25, 0.3) is 0 Å². The van der Waals surface area contributed by atoms with Gasteiger partial charge in [0.1, 0.15) is 12.1 Å². The molecule has 2 atom stereocenters. The predicted octanol–water partition coefficient (Wildman–Crippen LogP) is 1.03. The first kappa shape index (κ1) is 14.9. The molecule has 0 aromatic rings. The van der Waals surface area contributed by atoms with Gasteiger partial charge >= 0.3 is 5.97 Å². The SMILES string of the molecule is CCC(OC)C(=O)N[C@@H](CC(C)C)C(=O)O. The second-order valence-electron chi connectivity index (χ2n) is 4.16. The van der Waals surface area contributed by atoms with Crippen molar-refractivity contribution in [1.82, 2.24) is 5.32 Å². The van der Waals surface area contributed by atoms with Crippen LogP contribution in [-0.4, -0.2) is 36.2 Å². The van der Waals surface area contributed by atoms with Crippen molar-refractivity contribution in [2.75, 3.05) is 7.11 Å². The van der Waals surface area contributed by atoms with Gasteiger partial charge in [0.15, 0.2) is 0 Å². The second-order valence-corrected chi connectivity index (χ2v) is 4.16. The van der Waals surface area contributed by atoms with Crippen LogP contribution in [0.4, 0.5) is 0 Å². The highest BCUT2D eigenvalue weighted by Gasteiger charge is 2.24. The van der Waals surface area contributed by atoms with E-state index < -0.39 is 18.1 Å². The molecule has 0 aromatic carbocycles. The zero-order chi connectivity index (χ0) is 12.7. The van der Waals surface area contributed by atoms with Gasteiger partial charge in [-0.1, -0.05) is 20.8 Å². The van der Waals surface area contributed by atoms with Crippen LogP contribution in [0.3, 0.4) is 0 Å². The van der Waals surface area contributed by atoms with Gasteiger partial charge in [-0.15, -0.1) is 0 Å². The summed E-state index contributed by atoms with van der Waals surface area (Å²) in [5.74, 6) is -1.16. The summed E-state index contributed by atoms with van der Waals surface area (Å²) in [6.45, 7) is 5.64. The van der Waals surface area contributed by atoms with Gasteiger partial charge < -0.3 is 15.2 Å². The summed E-state index contributed by atoms with van der Waals surface area (Å²) < 4.78 is 4.94. The molecule has 0 aliphatic carbocycles. The fourth-order valence-corrected chi connectivity index (χ4v) is 1.42. The standard InChI is InChI=1S/C11H21NO4/c1-5-9(16-4)10(13)12-8(11(14)15)6-7(2)3/h7-9H,5-6H2,1-4H3,(H,12,13)(H,14,15)/t8-,9?/m0/s1. The molecule has 0 saturated heterocycles. The smallest absolute Gasteiger partial charge is 0.326 e. The molecule has 0 aliphatic heterocycles. The van der Waals surface area contributed by atoms with Gasteiger partial charge in [0, 0.05) is 7.11 Å². The van der Waals surface area contributed by atoms with Crippen molar-refractivity contribution in [3.63, 3.8) is 0 Å². The largest absolute Gasteiger partial charge is 0.480 e. The van der Waals surface area contributed by atoms with E-state index in [1.165, 1.54) is 7.11 Å². The molecule has 0 fully saturated rings. The highest BCUT2D eigenvalue weighted by molar-refractivity contribution is 5.86. The molecule has 5 heteroatoms. The number of aliphatic carboxylic acids is 1. The lowest BCUT2D eigenvalue weighted by Crippen LogP contribution is -2.46. The lowest BCUT2D eigenvalue weighted by atomic mass is 10.0. The lowest BCUT2D eigenvalue weighted by molar-refractivity contribution is -0.144. The average molecular weight is 231 g/mol. The Morgan fingerprint density at radius 3 is 2.25 bits per heavy atom. The van der Waals surface area contributed by atoms with Crippen LogP contribution >= 0.6 is 0 Å². The third kappa shape index (κ3) is 5.11. The molecular formula is C11H21NO4. The van der Waals surface area contributed by atoms with Crippen LogP contribution in [0.25, 0.3) is 0 Å². The van der Waals surface area contributed by atoms with E-state index in [9.17, 15) is 9.59 Å². The number of carbonyl (C=O) groups excluding carboxylic acids is 1. The molecule has 16 heavy (non-hydrogen) atoms. The van der Waals surface area contributed by atoms with Crippen molar-refractivity contribution in [3.05, 3.63) is 0 Å². The molecule has 1 unspecified atom stereocenters. The third-order valence-electron chi connectivity index (χ3n) is 2.27. The fraction of sp³-hybridized carbons (Fsp3) is 0.818. The molecular weight excluding hydrogens is 210 g/mol. The number of hydrogen-bond acceptors (Lipinski definition) is 3. The van der Waals surface area contributed by atoms with E-state index in [1.54, 1.807) is 0 Å². The second kappa shape index (κ2) is 7.22. The Balaban J connectivity index is 4.39. The maximum Gasteiger partial charge on any atom is 0.326 e. The zero-order valence-electron chi connectivity index (χ0n) is 10.3. The molecule has 0 rings (SSSR count). The average Bonchev–Trinajstić information content (AvgIpc) is 2.17. The molecule has 0 saturated carbocycles. The minimum atomic E-state index is -1.01. The predicted molar refractivity (Wildman–Crippen MR) is 60.1 cm³/mol. The van der Waals surface area contributed by atoms with Gasteiger partial charge in [-0.05, 0) is 18.8 Å². The summed E-state index contributed by atoms with van der Waals surface area (Å²) >= 11 is 0. The molecule has 2 N–H and O–H groups in total. The van der Waals surface area contributed by atoms with Gasteiger partial charge in [0.05, 0.1) is 0 Å². The Bertz CT molecular complexity index is 236. The molecule has 0 aromatic heterocycles. The van der Waals surface area contributed by atoms with Crippen LogP contribution in [0.2, 0.25) is 0 Å². The number of nitrogens with one attached hydrogen (secondary N) is 1. The van der Waals surface area contributed by atoms with Crippen molar-refractivity contribution >= 4 is 11.9 Å². The van der Waals surface area contributed by atoms with E-state index in [-0.39, 0.29) is 11.8 Å². The van der Waals surface area contributed by atoms with E-state index >= 15 is 0 Å². The quantitative estimate of drug-likeness (QED) is 0.686. The molecule has 5 nitrogen and oxygen atoms in total. The summed E-state index contributed by atoms with van der Waals surface area (Å²) in [5.41, 5.74) is 0. The number of carbonyl (C=O) groups is 2. The van der Waals surface area contributed by atoms with Crippen LogP contribution in [0.5, 0.6) is 0 Å². The van der Waals surface area contributed by atoms with Crippen LogP contribution in [-0.2, 0) is 14.3 Å². The number of ether oxygens (including phenoxy) is 1. The zero-order valence-corrected chi connectivity index (χ0v) is 10.3. The highest BCUT2D eigenvalue weighted by atomic mass is 16.5. The Morgan fingerprint density at radius 1 is 1.38 bits per heavy atom. The summed E-state index contributed by atoms with van der Waals surface area (Å²) in [7, 11) is 1.44. The number of rotatable bonds is 7. The van der Waals surface area contributed by atoms with Crippen molar-refractivity contribution in [2.24, 2.45) is 5.92 Å². The molecule has 94 valence electrons. The number of carboxylic acid groups (broad SMARTS) is 1. The van der Waals surface area contributed by atoms with Crippen molar-refractivity contribution in [3.8, 4) is 0 Å². The number of hydrogen-bond donors (Lipinski definition) is 2. The van der Waals surface area contributed by atoms with E-state index in [1.807, 2.05) is 20.8 Å². The van der Waals surface area contributed by atoms with Crippen molar-refractivity contribution in [1.29, 1.82) is 0 Å². The summed E-state index contributed by atoms with van der Waals surface area (Å²) in [5, 5.41) is 11.4. The van der Waals surface area contributed by atoms with Gasteiger partial charge in [-0.25, -0.2) is 4.79 Å². The Hall–Kier alpha value is -1.10. The molecule has 0 aliphatic rings. The van der Waals surface area contributed by atoms with Crippen molar-refractivity contribution in [2.45, 2.75) is 45.8 Å². The molecule has 0 spiro atoms. The van der Waals surface area contributed by atoms with Gasteiger partial charge in [-0.3, -0.25) is 4.79 Å². The highest BCUT2D eigenvalue weighted by Crippen LogP contribution is 2.06. The van der Waals surface area contributed by atoms with Gasteiger partial charge in [0.2, 0.25) is 5.91 Å². The Labute approximate surface area is 96.2 Å². The van der Waals surface area contributed by atoms with Crippen LogP contribution < -0.4 is 5.32 Å². The first-order chi connectivity index (χ1) is 7.42. The summed E-state index contributed by atoms with van der Waals surface area (Å²) in [4.78, 5) is 22.5. The topological polar surface area (TPSA) is 75.6 Å². The van der Waals surface area contributed by atoms with E-state index in [2.05, 4.69) is 5.32 Å². The minimum Gasteiger partial charge on any atom is -0.480 e. The number of methoxy groups -OCH3 is 1. The summed E-state index contributed by atoms with van der Waals surface area (Å²) in [6.07, 6.45) is 0.367. The van der Waals surface area contributed by atoms with Gasteiger partial charge in [-0.2, -0.15) is 0 Å². The maximum absolute atomic E-state index is 11.6. The third-order valence-corrected chi connectivity index (χ3v) is 2.27. The van der Waals surface area contributed by atoms with E-state index in [0.29, 0.717) is 12.8 Å². The minimum absolute atomic E-state index is 0.212. The summed E-state index contributed by atoms with van der Waals surface area (Å²) in [6, 6.07) is -0.836. The molecule has 0 heterocycles. The van der Waals surface area contributed by atoms with E-state index in [0.717, 1.165) is 0 Å². The molecule has 0 bridgehead atoms. The Morgan fingerprint density at radius 2 is 1.94 bits per heavy atom. The van der Waals surface area contributed by atoms with Crippen LogP contribution in [0.1, 0.15) is 33.6 Å². The number of carboxylic acids is 1. The normalized spacial score (nSPS) is 14.6. The first-order valence-corrected chi connectivity index (χ1v) is 5.48. The number of amides is 1. The fourth-order valence-electron chi connectivity index (χ4n) is 1.42. The van der Waals surface area contributed by atoms with E-state index in [4.69, 9.17) is 9.84 Å². The van der Waals surface area contributed by atoms with Crippen LogP contribution in [0, 0.1) is 5.92 Å². The Kier molecular flexibility index (Phi) is 6.72. The molecule has 1 amide bonds. The molecule has 0 radical (unpaired) electrons. The lowest BCUT2D eigenvalue weighted by Gasteiger charge is -2.19. The monoisotopic (exact) mass is 231 g/mol. The van der Waals surface area contributed by atoms with Crippen LogP contribution in [0.15, 0.2) is 0 Å². The first-order valence-electron chi connectivity index (χ1n) is 5.48. The maximum atomic E-state index is 11.6. The van der Waals surface area contributed by atoms with Crippen molar-refractivity contribution < 1.29 is 19.4 Å².